The molecule has 1 rings (SSSR count). The van der Waals surface area contributed by atoms with Crippen molar-refractivity contribution >= 4 is 11.8 Å². The first-order valence-corrected chi connectivity index (χ1v) is 6.67. The number of carbonyl (C=O) groups is 2. The van der Waals surface area contributed by atoms with Gasteiger partial charge in [0.2, 0.25) is 11.8 Å². The van der Waals surface area contributed by atoms with E-state index < -0.39 is 11.6 Å². The zero-order chi connectivity index (χ0) is 14.3. The largest absolute Gasteiger partial charge is 0.340 e. The fourth-order valence-electron chi connectivity index (χ4n) is 2.46. The molecule has 4 nitrogen and oxygen atoms in total. The van der Waals surface area contributed by atoms with Gasteiger partial charge in [0.05, 0.1) is 0 Å². The topological polar surface area (TPSA) is 49.4 Å². The predicted octanol–water partition coefficient (Wildman–Crippen LogP) is 1.94. The lowest BCUT2D eigenvalue weighted by molar-refractivity contribution is -0.161. The van der Waals surface area contributed by atoms with E-state index in [0.29, 0.717) is 0 Å². The summed E-state index contributed by atoms with van der Waals surface area (Å²) < 4.78 is 0. The van der Waals surface area contributed by atoms with Gasteiger partial charge in [-0.1, -0.05) is 27.7 Å². The Balaban J connectivity index is 3.23. The molecule has 0 spiro atoms. The molecule has 104 valence electrons. The number of piperazine rings is 1. The molecule has 2 unspecified atom stereocenters. The minimum atomic E-state index is -0.803. The maximum Gasteiger partial charge on any atom is 0.248 e. The molecule has 1 N–H and O–H groups in total. The first-order valence-electron chi connectivity index (χ1n) is 6.67. The lowest BCUT2D eigenvalue weighted by Gasteiger charge is -2.49. The van der Waals surface area contributed by atoms with Gasteiger partial charge in [0.25, 0.3) is 0 Å². The van der Waals surface area contributed by atoms with E-state index in [1.165, 1.54) is 0 Å². The Kier molecular flexibility index (Phi) is 3.80. The van der Waals surface area contributed by atoms with E-state index >= 15 is 0 Å². The molecule has 1 fully saturated rings. The van der Waals surface area contributed by atoms with Crippen LogP contribution in [0.1, 0.15) is 54.9 Å². The second-order valence-corrected chi connectivity index (χ2v) is 6.85. The minimum Gasteiger partial charge on any atom is -0.340 e. The van der Waals surface area contributed by atoms with Crippen LogP contribution in [0, 0.1) is 5.41 Å². The summed E-state index contributed by atoms with van der Waals surface area (Å²) >= 11 is 0. The molecule has 4 heteroatoms. The van der Waals surface area contributed by atoms with Crippen LogP contribution in [0.15, 0.2) is 0 Å². The van der Waals surface area contributed by atoms with E-state index in [2.05, 4.69) is 5.32 Å². The van der Waals surface area contributed by atoms with Gasteiger partial charge in [-0.2, -0.15) is 0 Å². The summed E-state index contributed by atoms with van der Waals surface area (Å²) in [5.41, 5.74) is -1.07. The highest BCUT2D eigenvalue weighted by Gasteiger charge is 2.50. The lowest BCUT2D eigenvalue weighted by Crippen LogP contribution is -2.72. The fraction of sp³-hybridized carbons (Fsp3) is 0.857. The fourth-order valence-corrected chi connectivity index (χ4v) is 2.46. The van der Waals surface area contributed by atoms with E-state index in [1.807, 2.05) is 34.6 Å². The highest BCUT2D eigenvalue weighted by atomic mass is 16.2. The maximum atomic E-state index is 12.6. The zero-order valence-electron chi connectivity index (χ0n) is 12.6. The average molecular weight is 254 g/mol. The van der Waals surface area contributed by atoms with Gasteiger partial charge in [-0.15, -0.1) is 0 Å². The summed E-state index contributed by atoms with van der Waals surface area (Å²) in [6.45, 7) is 13.6. The molecule has 0 aromatic heterocycles. The maximum absolute atomic E-state index is 12.6. The van der Waals surface area contributed by atoms with Crippen LogP contribution in [0.3, 0.4) is 0 Å². The first kappa shape index (κ1) is 15.0. The van der Waals surface area contributed by atoms with Gasteiger partial charge in [0, 0.05) is 6.04 Å². The molecular formula is C14H26N2O2. The number of carbonyl (C=O) groups excluding carboxylic acids is 2. The van der Waals surface area contributed by atoms with Gasteiger partial charge in [-0.3, -0.25) is 9.59 Å². The molecule has 0 aromatic carbocycles. The molecule has 0 saturated carbocycles. The van der Waals surface area contributed by atoms with Crippen LogP contribution in [0.25, 0.3) is 0 Å². The SMILES string of the molecule is CCC(C)N1C(=O)C(C)(C)NC(=O)C1C(C)(C)C. The van der Waals surface area contributed by atoms with Gasteiger partial charge in [0.1, 0.15) is 11.6 Å². The number of hydrogen-bond donors (Lipinski definition) is 1. The Labute approximate surface area is 110 Å². The van der Waals surface area contributed by atoms with Crippen LogP contribution in [0.5, 0.6) is 0 Å². The summed E-state index contributed by atoms with van der Waals surface area (Å²) in [4.78, 5) is 26.7. The molecule has 0 radical (unpaired) electrons. The van der Waals surface area contributed by atoms with Crippen LogP contribution < -0.4 is 5.32 Å². The molecule has 1 saturated heterocycles. The van der Waals surface area contributed by atoms with Crippen molar-refractivity contribution in [3.63, 3.8) is 0 Å². The summed E-state index contributed by atoms with van der Waals surface area (Å²) in [5, 5.41) is 2.84. The van der Waals surface area contributed by atoms with Crippen molar-refractivity contribution in [1.29, 1.82) is 0 Å². The van der Waals surface area contributed by atoms with E-state index in [4.69, 9.17) is 0 Å². The third kappa shape index (κ3) is 2.52. The Morgan fingerprint density at radius 3 is 2.22 bits per heavy atom. The van der Waals surface area contributed by atoms with Crippen LogP contribution in [-0.2, 0) is 9.59 Å². The standard InChI is InChI=1S/C14H26N2O2/c1-8-9(2)16-10(13(3,4)5)11(17)15-14(6,7)12(16)18/h9-10H,8H2,1-7H3,(H,15,17). The van der Waals surface area contributed by atoms with Crippen LogP contribution in [-0.4, -0.2) is 34.3 Å². The molecule has 0 bridgehead atoms. The normalized spacial score (nSPS) is 25.9. The molecule has 2 amide bonds. The lowest BCUT2D eigenvalue weighted by atomic mass is 9.80. The van der Waals surface area contributed by atoms with Crippen molar-refractivity contribution in [3.05, 3.63) is 0 Å². The Morgan fingerprint density at radius 2 is 1.83 bits per heavy atom. The molecule has 0 aromatic rings. The third-order valence-electron chi connectivity index (χ3n) is 3.62. The number of nitrogens with one attached hydrogen (secondary N) is 1. The monoisotopic (exact) mass is 254 g/mol. The van der Waals surface area contributed by atoms with Gasteiger partial charge in [-0.25, -0.2) is 0 Å². The van der Waals surface area contributed by atoms with Gasteiger partial charge in [0.15, 0.2) is 0 Å². The van der Waals surface area contributed by atoms with E-state index in [9.17, 15) is 9.59 Å². The van der Waals surface area contributed by atoms with E-state index in [0.717, 1.165) is 6.42 Å². The number of hydrogen-bond acceptors (Lipinski definition) is 2. The van der Waals surface area contributed by atoms with Crippen molar-refractivity contribution in [2.75, 3.05) is 0 Å². The van der Waals surface area contributed by atoms with Crippen molar-refractivity contribution < 1.29 is 9.59 Å². The van der Waals surface area contributed by atoms with Gasteiger partial charge < -0.3 is 10.2 Å². The highest BCUT2D eigenvalue weighted by molar-refractivity contribution is 5.99. The van der Waals surface area contributed by atoms with E-state index in [1.54, 1.807) is 18.7 Å². The summed E-state index contributed by atoms with van der Waals surface area (Å²) in [6.07, 6.45) is 0.849. The molecule has 1 heterocycles. The quantitative estimate of drug-likeness (QED) is 0.818. The number of amides is 2. The van der Waals surface area contributed by atoms with Crippen molar-refractivity contribution in [2.45, 2.75) is 72.5 Å². The Bertz CT molecular complexity index is 355. The third-order valence-corrected chi connectivity index (χ3v) is 3.62. The van der Waals surface area contributed by atoms with Gasteiger partial charge >= 0.3 is 0 Å². The number of rotatable bonds is 2. The summed E-state index contributed by atoms with van der Waals surface area (Å²) in [5.74, 6) is -0.0382. The van der Waals surface area contributed by atoms with Crippen molar-refractivity contribution in [1.82, 2.24) is 10.2 Å². The van der Waals surface area contributed by atoms with Crippen molar-refractivity contribution in [3.8, 4) is 0 Å². The second kappa shape index (κ2) is 4.56. The van der Waals surface area contributed by atoms with Crippen LogP contribution >= 0.6 is 0 Å². The summed E-state index contributed by atoms with van der Waals surface area (Å²) in [7, 11) is 0. The van der Waals surface area contributed by atoms with E-state index in [-0.39, 0.29) is 23.3 Å². The van der Waals surface area contributed by atoms with Crippen LogP contribution in [0.2, 0.25) is 0 Å². The van der Waals surface area contributed by atoms with Gasteiger partial charge in [-0.05, 0) is 32.6 Å². The molecule has 1 aliphatic rings. The molecule has 0 aliphatic carbocycles. The average Bonchev–Trinajstić information content (AvgIpc) is 2.19. The van der Waals surface area contributed by atoms with Crippen molar-refractivity contribution in [2.24, 2.45) is 5.41 Å². The summed E-state index contributed by atoms with van der Waals surface area (Å²) in [6, 6.07) is -0.319. The first-order chi connectivity index (χ1) is 8.02. The highest BCUT2D eigenvalue weighted by Crippen LogP contribution is 2.32. The minimum absolute atomic E-state index is 0.0105. The Morgan fingerprint density at radius 1 is 1.33 bits per heavy atom. The Hall–Kier alpha value is -1.06. The van der Waals surface area contributed by atoms with Crippen LogP contribution in [0.4, 0.5) is 0 Å². The second-order valence-electron chi connectivity index (χ2n) is 6.85. The molecule has 2 atom stereocenters. The zero-order valence-corrected chi connectivity index (χ0v) is 12.6. The number of nitrogens with zero attached hydrogens (tertiary/aromatic N) is 1. The smallest absolute Gasteiger partial charge is 0.248 e. The molecule has 1 aliphatic heterocycles. The predicted molar refractivity (Wildman–Crippen MR) is 72.1 cm³/mol. The molecule has 18 heavy (non-hydrogen) atoms. The molecular weight excluding hydrogens is 228 g/mol.